The van der Waals surface area contributed by atoms with Crippen LogP contribution in [0.2, 0.25) is 0 Å². The topological polar surface area (TPSA) is 42.7 Å². The van der Waals surface area contributed by atoms with Gasteiger partial charge in [0.25, 0.3) is 5.19 Å². The first-order valence-corrected chi connectivity index (χ1v) is 9.22. The smallest absolute Gasteiger partial charge is 0.273 e. The molecule has 0 bridgehead atoms. The van der Waals surface area contributed by atoms with Crippen LogP contribution in [0.3, 0.4) is 0 Å². The zero-order chi connectivity index (χ0) is 16.1. The van der Waals surface area contributed by atoms with Crippen molar-refractivity contribution in [3.8, 4) is 5.19 Å². The van der Waals surface area contributed by atoms with Gasteiger partial charge in [0.2, 0.25) is 0 Å². The lowest BCUT2D eigenvalue weighted by Gasteiger charge is -2.19. The molecule has 2 aliphatic rings. The van der Waals surface area contributed by atoms with Gasteiger partial charge in [-0.2, -0.15) is 0 Å². The second-order valence-electron chi connectivity index (χ2n) is 7.16. The summed E-state index contributed by atoms with van der Waals surface area (Å²) in [7, 11) is 0. The average molecular weight is 340 g/mol. The maximum absolute atomic E-state index is 5.96. The Kier molecular flexibility index (Phi) is 3.18. The van der Waals surface area contributed by atoms with Crippen molar-refractivity contribution in [3.05, 3.63) is 47.4 Å². The minimum atomic E-state index is 0.346. The third-order valence-electron chi connectivity index (χ3n) is 5.26. The molecule has 5 rings (SSSR count). The summed E-state index contributed by atoms with van der Waals surface area (Å²) in [5.41, 5.74) is 2.52. The van der Waals surface area contributed by atoms with Crippen molar-refractivity contribution in [2.75, 3.05) is 19.7 Å². The largest absolute Gasteiger partial charge is 0.469 e. The molecular formula is C18H20N4OS. The van der Waals surface area contributed by atoms with Gasteiger partial charge in [-0.05, 0) is 31.4 Å². The van der Waals surface area contributed by atoms with Crippen LogP contribution in [0.4, 0.5) is 0 Å². The molecule has 124 valence electrons. The molecule has 3 aromatic heterocycles. The highest BCUT2D eigenvalue weighted by Gasteiger charge is 2.60. The molecule has 0 N–H and O–H groups in total. The summed E-state index contributed by atoms with van der Waals surface area (Å²) in [5, 5.41) is 0.811. The summed E-state index contributed by atoms with van der Waals surface area (Å²) in [5.74, 6) is 0.774. The first-order valence-electron chi connectivity index (χ1n) is 8.40. The zero-order valence-corrected chi connectivity index (χ0v) is 14.5. The minimum Gasteiger partial charge on any atom is -0.469 e. The van der Waals surface area contributed by atoms with E-state index in [1.54, 1.807) is 11.3 Å². The lowest BCUT2D eigenvalue weighted by molar-refractivity contribution is 0.199. The number of hydrogen-bond acceptors (Lipinski definition) is 5. The van der Waals surface area contributed by atoms with E-state index in [4.69, 9.17) is 9.72 Å². The summed E-state index contributed by atoms with van der Waals surface area (Å²) >= 11 is 1.63. The molecule has 1 saturated carbocycles. The van der Waals surface area contributed by atoms with Gasteiger partial charge in [-0.15, -0.1) is 0 Å². The molecule has 1 saturated heterocycles. The van der Waals surface area contributed by atoms with Gasteiger partial charge >= 0.3 is 0 Å². The zero-order valence-electron chi connectivity index (χ0n) is 13.7. The van der Waals surface area contributed by atoms with Gasteiger partial charge in [0.05, 0.1) is 12.3 Å². The number of hydrogen-bond donors (Lipinski definition) is 0. The van der Waals surface area contributed by atoms with Crippen molar-refractivity contribution in [1.82, 2.24) is 19.3 Å². The van der Waals surface area contributed by atoms with Crippen LogP contribution in [0.15, 0.2) is 36.8 Å². The third kappa shape index (κ3) is 2.50. The average Bonchev–Trinajstić information content (AvgIpc) is 2.94. The monoisotopic (exact) mass is 340 g/mol. The van der Waals surface area contributed by atoms with Crippen LogP contribution >= 0.6 is 11.3 Å². The molecule has 0 amide bonds. The fourth-order valence-corrected chi connectivity index (χ4v) is 4.55. The predicted octanol–water partition coefficient (Wildman–Crippen LogP) is 3.00. The fraction of sp³-hybridized carbons (Fsp3) is 0.444. The highest BCUT2D eigenvalue weighted by atomic mass is 32.1. The van der Waals surface area contributed by atoms with Crippen molar-refractivity contribution >= 4 is 17.0 Å². The number of thiazole rings is 1. The Hall–Kier alpha value is -1.92. The minimum absolute atomic E-state index is 0.346. The first-order chi connectivity index (χ1) is 11.7. The highest BCUT2D eigenvalue weighted by Crippen LogP contribution is 2.58. The highest BCUT2D eigenvalue weighted by molar-refractivity contribution is 7.13. The number of pyridine rings is 1. The molecule has 24 heavy (non-hydrogen) atoms. The van der Waals surface area contributed by atoms with Crippen LogP contribution in [0.5, 0.6) is 5.19 Å². The summed E-state index contributed by atoms with van der Waals surface area (Å²) in [6.45, 7) is 6.06. The number of rotatable bonds is 5. The third-order valence-corrected chi connectivity index (χ3v) is 6.08. The Morgan fingerprint density at radius 3 is 3.21 bits per heavy atom. The number of piperidine rings is 1. The van der Waals surface area contributed by atoms with E-state index in [-0.39, 0.29) is 0 Å². The lowest BCUT2D eigenvalue weighted by atomic mass is 10.1. The van der Waals surface area contributed by atoms with Gasteiger partial charge in [0, 0.05) is 48.5 Å². The van der Waals surface area contributed by atoms with E-state index < -0.39 is 0 Å². The summed E-state index contributed by atoms with van der Waals surface area (Å²) < 4.78 is 8.06. The van der Waals surface area contributed by atoms with Gasteiger partial charge in [-0.3, -0.25) is 4.90 Å². The van der Waals surface area contributed by atoms with E-state index in [9.17, 15) is 0 Å². The Balaban J connectivity index is 1.22. The number of aryl methyl sites for hydroxylation is 1. The molecular weight excluding hydrogens is 320 g/mol. The summed E-state index contributed by atoms with van der Waals surface area (Å²) in [4.78, 5) is 12.7. The van der Waals surface area contributed by atoms with Crippen molar-refractivity contribution in [2.45, 2.75) is 19.9 Å². The standard InChI is InChI=1S/C18H20N4OS/c1-13-7-19-17(24-13)23-12-18-6-14(18)8-21(11-18)9-15-10-22-5-3-2-4-16(22)20-15/h2-5,7,10,14H,6,8-9,11-12H2,1H3. The van der Waals surface area contributed by atoms with E-state index in [0.717, 1.165) is 48.7 Å². The SMILES string of the molecule is Cc1cnc(OCC23CC2CN(Cc2cn4ccccc4n2)C3)s1. The molecule has 1 aliphatic heterocycles. The number of imidazole rings is 1. The number of ether oxygens (including phenoxy) is 1. The van der Waals surface area contributed by atoms with E-state index >= 15 is 0 Å². The maximum Gasteiger partial charge on any atom is 0.273 e. The normalized spacial score (nSPS) is 26.0. The van der Waals surface area contributed by atoms with Crippen LogP contribution in [0.25, 0.3) is 5.65 Å². The van der Waals surface area contributed by atoms with Crippen molar-refractivity contribution < 1.29 is 4.74 Å². The van der Waals surface area contributed by atoms with Crippen molar-refractivity contribution in [1.29, 1.82) is 0 Å². The second-order valence-corrected chi connectivity index (χ2v) is 8.35. The van der Waals surface area contributed by atoms with Crippen molar-refractivity contribution in [3.63, 3.8) is 0 Å². The van der Waals surface area contributed by atoms with Crippen LogP contribution in [-0.2, 0) is 6.54 Å². The molecule has 2 unspecified atom stereocenters. The second kappa shape index (κ2) is 5.29. The van der Waals surface area contributed by atoms with E-state index in [1.807, 2.05) is 18.3 Å². The lowest BCUT2D eigenvalue weighted by Crippen LogP contribution is -2.27. The first kappa shape index (κ1) is 14.4. The van der Waals surface area contributed by atoms with Crippen LogP contribution in [0.1, 0.15) is 17.0 Å². The van der Waals surface area contributed by atoms with Gasteiger partial charge in [-0.1, -0.05) is 17.4 Å². The number of aromatic nitrogens is 3. The molecule has 0 spiro atoms. The quantitative estimate of drug-likeness (QED) is 0.716. The Morgan fingerprint density at radius 2 is 2.38 bits per heavy atom. The number of fused-ring (bicyclic) bond motifs is 2. The molecule has 6 heteroatoms. The number of likely N-dealkylation sites (tertiary alicyclic amines) is 1. The van der Waals surface area contributed by atoms with Gasteiger partial charge in [0.1, 0.15) is 5.65 Å². The fourth-order valence-electron chi connectivity index (χ4n) is 3.95. The van der Waals surface area contributed by atoms with E-state index in [2.05, 4.69) is 39.7 Å². The predicted molar refractivity (Wildman–Crippen MR) is 93.4 cm³/mol. The molecule has 2 atom stereocenters. The van der Waals surface area contributed by atoms with Crippen LogP contribution in [0, 0.1) is 18.3 Å². The molecule has 1 aliphatic carbocycles. The van der Waals surface area contributed by atoms with Gasteiger partial charge in [-0.25, -0.2) is 9.97 Å². The molecule has 0 radical (unpaired) electrons. The Bertz CT molecular complexity index is 855. The Labute approximate surface area is 144 Å². The summed E-state index contributed by atoms with van der Waals surface area (Å²) in [6.07, 6.45) is 7.37. The molecule has 5 nitrogen and oxygen atoms in total. The van der Waals surface area contributed by atoms with Crippen LogP contribution in [-0.4, -0.2) is 39.0 Å². The Morgan fingerprint density at radius 1 is 1.42 bits per heavy atom. The van der Waals surface area contributed by atoms with Crippen molar-refractivity contribution in [2.24, 2.45) is 11.3 Å². The van der Waals surface area contributed by atoms with E-state index in [1.165, 1.54) is 11.3 Å². The molecule has 2 fully saturated rings. The molecule has 4 heterocycles. The van der Waals surface area contributed by atoms with E-state index in [0.29, 0.717) is 5.41 Å². The maximum atomic E-state index is 5.96. The number of nitrogens with zero attached hydrogens (tertiary/aromatic N) is 4. The molecule has 3 aromatic rings. The summed E-state index contributed by atoms with van der Waals surface area (Å²) in [6, 6.07) is 6.12. The van der Waals surface area contributed by atoms with Gasteiger partial charge in [0.15, 0.2) is 0 Å². The van der Waals surface area contributed by atoms with Crippen LogP contribution < -0.4 is 4.74 Å². The van der Waals surface area contributed by atoms with Gasteiger partial charge < -0.3 is 9.14 Å². The molecule has 0 aromatic carbocycles.